The van der Waals surface area contributed by atoms with Crippen molar-refractivity contribution in [3.8, 4) is 5.75 Å². The van der Waals surface area contributed by atoms with Gasteiger partial charge in [0.25, 0.3) is 0 Å². The molecule has 174 valence electrons. The number of carbonyl (C=O) groups excluding carboxylic acids is 2. The van der Waals surface area contributed by atoms with Crippen LogP contribution in [-0.4, -0.2) is 58.1 Å². The lowest BCUT2D eigenvalue weighted by molar-refractivity contribution is -0.139. The lowest BCUT2D eigenvalue weighted by atomic mass is 10.1. The predicted molar refractivity (Wildman–Crippen MR) is 126 cm³/mol. The molecule has 0 bridgehead atoms. The maximum absolute atomic E-state index is 13.3. The van der Waals surface area contributed by atoms with Crippen LogP contribution in [0.15, 0.2) is 42.5 Å². The molecule has 0 radical (unpaired) electrons. The van der Waals surface area contributed by atoms with Crippen LogP contribution in [0.25, 0.3) is 0 Å². The molecule has 0 spiro atoms. The molecule has 1 atom stereocenters. The lowest BCUT2D eigenvalue weighted by Crippen LogP contribution is -2.50. The number of hydrogen-bond donors (Lipinski definition) is 1. The number of sulfonamides is 1. The maximum atomic E-state index is 13.3. The van der Waals surface area contributed by atoms with Gasteiger partial charge in [-0.15, -0.1) is 0 Å². The number of rotatable bonds is 9. The van der Waals surface area contributed by atoms with Gasteiger partial charge in [0.2, 0.25) is 21.8 Å². The number of methoxy groups -OCH3 is 1. The second-order valence-corrected chi connectivity index (χ2v) is 9.75. The van der Waals surface area contributed by atoms with E-state index in [9.17, 15) is 18.0 Å². The molecule has 0 aromatic heterocycles. The van der Waals surface area contributed by atoms with Crippen LogP contribution in [0.1, 0.15) is 12.5 Å². The molecule has 0 unspecified atom stereocenters. The summed E-state index contributed by atoms with van der Waals surface area (Å²) in [6.45, 7) is 1.08. The number of nitrogens with zero attached hydrogens (tertiary/aromatic N) is 2. The molecule has 32 heavy (non-hydrogen) atoms. The Hall–Kier alpha value is -2.49. The first-order chi connectivity index (χ1) is 15.0. The molecule has 11 heteroatoms. The number of hydrogen-bond acceptors (Lipinski definition) is 5. The van der Waals surface area contributed by atoms with Crippen molar-refractivity contribution in [3.05, 3.63) is 58.1 Å². The fourth-order valence-corrected chi connectivity index (χ4v) is 4.17. The molecule has 2 aromatic rings. The number of ether oxygens (including phenoxy) is 1. The van der Waals surface area contributed by atoms with Crippen molar-refractivity contribution in [1.29, 1.82) is 0 Å². The van der Waals surface area contributed by atoms with Crippen LogP contribution in [0.3, 0.4) is 0 Å². The third-order valence-electron chi connectivity index (χ3n) is 4.77. The van der Waals surface area contributed by atoms with Crippen molar-refractivity contribution in [3.63, 3.8) is 0 Å². The molecular weight excluding hydrogens is 477 g/mol. The van der Waals surface area contributed by atoms with Gasteiger partial charge in [0.1, 0.15) is 18.3 Å². The molecule has 2 aromatic carbocycles. The molecule has 0 aliphatic heterocycles. The average Bonchev–Trinajstić information content (AvgIpc) is 2.76. The highest BCUT2D eigenvalue weighted by atomic mass is 35.5. The van der Waals surface area contributed by atoms with E-state index in [1.54, 1.807) is 43.3 Å². The summed E-state index contributed by atoms with van der Waals surface area (Å²) in [5, 5.41) is 3.17. The molecule has 0 saturated heterocycles. The zero-order valence-electron chi connectivity index (χ0n) is 18.1. The summed E-state index contributed by atoms with van der Waals surface area (Å²) in [6, 6.07) is 10.4. The number of likely N-dealkylation sites (N-methyl/N-ethyl adjacent to an activating group) is 1. The van der Waals surface area contributed by atoms with Gasteiger partial charge in [-0.1, -0.05) is 35.3 Å². The van der Waals surface area contributed by atoms with Gasteiger partial charge in [-0.3, -0.25) is 13.9 Å². The summed E-state index contributed by atoms with van der Waals surface area (Å²) in [6.07, 6.45) is 1.01. The minimum Gasteiger partial charge on any atom is -0.497 e. The Labute approximate surface area is 198 Å². The van der Waals surface area contributed by atoms with Gasteiger partial charge >= 0.3 is 0 Å². The number of amides is 2. The molecule has 0 fully saturated rings. The summed E-state index contributed by atoms with van der Waals surface area (Å²) < 4.78 is 31.1. The fourth-order valence-electron chi connectivity index (χ4n) is 3.01. The highest BCUT2D eigenvalue weighted by molar-refractivity contribution is 7.92. The average molecular weight is 502 g/mol. The quantitative estimate of drug-likeness (QED) is 0.569. The Morgan fingerprint density at radius 3 is 2.38 bits per heavy atom. The van der Waals surface area contributed by atoms with Crippen LogP contribution in [0, 0.1) is 0 Å². The standard InChI is InChI=1S/C21H25Cl2N3O5S/c1-14(21(28)24-2)25(12-15-8-9-18(22)19(23)10-15)20(27)13-26(32(4,29)30)16-6-5-7-17(11-16)31-3/h5-11,14H,12-13H2,1-4H3,(H,24,28)/t14-/m1/s1. The Balaban J connectivity index is 2.41. The first kappa shape index (κ1) is 25.8. The molecular formula is C21H25Cl2N3O5S. The van der Waals surface area contributed by atoms with Crippen molar-refractivity contribution in [1.82, 2.24) is 10.2 Å². The molecule has 0 heterocycles. The number of halogens is 2. The molecule has 1 N–H and O–H groups in total. The number of anilines is 1. The van der Waals surface area contributed by atoms with E-state index in [1.807, 2.05) is 0 Å². The van der Waals surface area contributed by atoms with E-state index in [1.165, 1.54) is 25.1 Å². The number of nitrogens with one attached hydrogen (secondary N) is 1. The van der Waals surface area contributed by atoms with Crippen molar-refractivity contribution in [2.75, 3.05) is 31.3 Å². The zero-order valence-corrected chi connectivity index (χ0v) is 20.5. The van der Waals surface area contributed by atoms with Crippen LogP contribution < -0.4 is 14.4 Å². The van der Waals surface area contributed by atoms with E-state index in [0.29, 0.717) is 21.4 Å². The Morgan fingerprint density at radius 2 is 1.81 bits per heavy atom. The lowest BCUT2D eigenvalue weighted by Gasteiger charge is -2.31. The molecule has 0 saturated carbocycles. The maximum Gasteiger partial charge on any atom is 0.244 e. The molecule has 0 aliphatic rings. The highest BCUT2D eigenvalue weighted by Gasteiger charge is 2.30. The normalized spacial score (nSPS) is 12.1. The number of benzene rings is 2. The smallest absolute Gasteiger partial charge is 0.244 e. The van der Waals surface area contributed by atoms with Gasteiger partial charge in [-0.2, -0.15) is 0 Å². The van der Waals surface area contributed by atoms with E-state index in [-0.39, 0.29) is 12.2 Å². The van der Waals surface area contributed by atoms with Gasteiger partial charge in [0.15, 0.2) is 0 Å². The van der Waals surface area contributed by atoms with Crippen LogP contribution >= 0.6 is 23.2 Å². The third-order valence-corrected chi connectivity index (χ3v) is 6.65. The van der Waals surface area contributed by atoms with E-state index >= 15 is 0 Å². The summed E-state index contributed by atoms with van der Waals surface area (Å²) >= 11 is 12.1. The largest absolute Gasteiger partial charge is 0.497 e. The minimum atomic E-state index is -3.82. The second kappa shape index (κ2) is 10.9. The monoisotopic (exact) mass is 501 g/mol. The van der Waals surface area contributed by atoms with Crippen LogP contribution in [-0.2, 0) is 26.2 Å². The molecule has 2 rings (SSSR count). The fraction of sp³-hybridized carbons (Fsp3) is 0.333. The minimum absolute atomic E-state index is 0.0278. The van der Waals surface area contributed by atoms with Gasteiger partial charge in [0, 0.05) is 19.7 Å². The van der Waals surface area contributed by atoms with E-state index in [4.69, 9.17) is 27.9 Å². The Kier molecular flexibility index (Phi) is 8.77. The van der Waals surface area contributed by atoms with Crippen molar-refractivity contribution < 1.29 is 22.7 Å². The third kappa shape index (κ3) is 6.51. The predicted octanol–water partition coefficient (Wildman–Crippen LogP) is 2.93. The molecule has 2 amide bonds. The zero-order chi connectivity index (χ0) is 24.1. The summed E-state index contributed by atoms with van der Waals surface area (Å²) in [5.41, 5.74) is 0.901. The first-order valence-electron chi connectivity index (χ1n) is 9.54. The topological polar surface area (TPSA) is 96.0 Å². The van der Waals surface area contributed by atoms with Crippen molar-refractivity contribution in [2.24, 2.45) is 0 Å². The Bertz CT molecular complexity index is 1090. The van der Waals surface area contributed by atoms with E-state index in [2.05, 4.69) is 5.32 Å². The van der Waals surface area contributed by atoms with Gasteiger partial charge < -0.3 is 15.0 Å². The van der Waals surface area contributed by atoms with Crippen LogP contribution in [0.2, 0.25) is 10.0 Å². The second-order valence-electron chi connectivity index (χ2n) is 7.03. The van der Waals surface area contributed by atoms with Gasteiger partial charge in [-0.25, -0.2) is 8.42 Å². The number of carbonyl (C=O) groups is 2. The molecule has 8 nitrogen and oxygen atoms in total. The van der Waals surface area contributed by atoms with E-state index in [0.717, 1.165) is 10.6 Å². The van der Waals surface area contributed by atoms with Crippen molar-refractivity contribution in [2.45, 2.75) is 19.5 Å². The Morgan fingerprint density at radius 1 is 1.12 bits per heavy atom. The van der Waals surface area contributed by atoms with Crippen LogP contribution in [0.5, 0.6) is 5.75 Å². The summed E-state index contributed by atoms with van der Waals surface area (Å²) in [5.74, 6) is -0.527. The van der Waals surface area contributed by atoms with Crippen molar-refractivity contribution >= 4 is 50.7 Å². The summed E-state index contributed by atoms with van der Waals surface area (Å²) in [4.78, 5) is 26.9. The first-order valence-corrected chi connectivity index (χ1v) is 12.1. The van der Waals surface area contributed by atoms with Gasteiger partial charge in [0.05, 0.1) is 29.1 Å². The van der Waals surface area contributed by atoms with Gasteiger partial charge in [-0.05, 0) is 36.8 Å². The SMILES string of the molecule is CNC(=O)[C@@H](C)N(Cc1ccc(Cl)c(Cl)c1)C(=O)CN(c1cccc(OC)c1)S(C)(=O)=O. The summed E-state index contributed by atoms with van der Waals surface area (Å²) in [7, 11) is -0.902. The van der Waals surface area contributed by atoms with Crippen LogP contribution in [0.4, 0.5) is 5.69 Å². The molecule has 0 aliphatic carbocycles. The van der Waals surface area contributed by atoms with E-state index < -0.39 is 34.4 Å². The highest BCUT2D eigenvalue weighted by Crippen LogP contribution is 2.25.